The molecule has 1 aromatic carbocycles. The van der Waals surface area contributed by atoms with Crippen molar-refractivity contribution in [2.45, 2.75) is 20.0 Å². The van der Waals surface area contributed by atoms with Crippen LogP contribution >= 0.6 is 0 Å². The molecular weight excluding hydrogens is 361 g/mol. The van der Waals surface area contributed by atoms with Gasteiger partial charge in [0.05, 0.1) is 13.1 Å². The summed E-state index contributed by atoms with van der Waals surface area (Å²) >= 11 is 0. The lowest BCUT2D eigenvalue weighted by molar-refractivity contribution is -0.139. The lowest BCUT2D eigenvalue weighted by Crippen LogP contribution is -2.51. The summed E-state index contributed by atoms with van der Waals surface area (Å²) in [6.07, 6.45) is -4.41. The van der Waals surface area contributed by atoms with E-state index < -0.39 is 18.6 Å². The van der Waals surface area contributed by atoms with Gasteiger partial charge in [-0.2, -0.15) is 13.2 Å². The number of hydrogen-bond acceptors (Lipinski definition) is 4. The molecule has 0 unspecified atom stereocenters. The van der Waals surface area contributed by atoms with Crippen molar-refractivity contribution >= 4 is 17.5 Å². The molecule has 0 aliphatic carbocycles. The van der Waals surface area contributed by atoms with Gasteiger partial charge in [-0.3, -0.25) is 19.4 Å². The Hall–Kier alpha value is -2.13. The molecule has 1 aliphatic heterocycles. The SMILES string of the molecule is Cc1cccc(NC(=O)CN2CCN(CC(=O)NCC(F)(F)F)CC2)c1C. The molecular formula is C18H25F3N4O2. The third-order valence-electron chi connectivity index (χ3n) is 4.56. The predicted octanol–water partition coefficient (Wildman–Crippen LogP) is 1.54. The number of alkyl halides is 3. The smallest absolute Gasteiger partial charge is 0.346 e. The van der Waals surface area contributed by atoms with Crippen molar-refractivity contribution in [3.8, 4) is 0 Å². The molecule has 9 heteroatoms. The van der Waals surface area contributed by atoms with E-state index >= 15 is 0 Å². The van der Waals surface area contributed by atoms with Gasteiger partial charge >= 0.3 is 6.18 Å². The van der Waals surface area contributed by atoms with E-state index in [-0.39, 0.29) is 19.0 Å². The fourth-order valence-electron chi connectivity index (χ4n) is 2.84. The van der Waals surface area contributed by atoms with Crippen molar-refractivity contribution in [2.24, 2.45) is 0 Å². The van der Waals surface area contributed by atoms with E-state index in [1.165, 1.54) is 0 Å². The van der Waals surface area contributed by atoms with E-state index in [0.717, 1.165) is 16.8 Å². The molecule has 0 bridgehead atoms. The van der Waals surface area contributed by atoms with E-state index in [1.807, 2.05) is 42.3 Å². The number of rotatable bonds is 6. The van der Waals surface area contributed by atoms with E-state index in [0.29, 0.717) is 26.2 Å². The summed E-state index contributed by atoms with van der Waals surface area (Å²) in [4.78, 5) is 27.5. The fraction of sp³-hybridized carbons (Fsp3) is 0.556. The van der Waals surface area contributed by atoms with Crippen molar-refractivity contribution in [1.29, 1.82) is 0 Å². The summed E-state index contributed by atoms with van der Waals surface area (Å²) in [6, 6.07) is 5.73. The van der Waals surface area contributed by atoms with Crippen LogP contribution in [-0.2, 0) is 9.59 Å². The van der Waals surface area contributed by atoms with Gasteiger partial charge in [-0.15, -0.1) is 0 Å². The lowest BCUT2D eigenvalue weighted by atomic mass is 10.1. The van der Waals surface area contributed by atoms with Crippen molar-refractivity contribution < 1.29 is 22.8 Å². The summed E-state index contributed by atoms with van der Waals surface area (Å²) in [5, 5.41) is 4.77. The zero-order chi connectivity index (χ0) is 20.0. The standard InChI is InChI=1S/C18H25F3N4O2/c1-13-4-3-5-15(14(13)2)23-17(27)11-25-8-6-24(7-9-25)10-16(26)22-12-18(19,20)21/h3-5H,6-12H2,1-2H3,(H,22,26)(H,23,27). The average Bonchev–Trinajstić information content (AvgIpc) is 2.58. The number of aryl methyl sites for hydroxylation is 1. The highest BCUT2D eigenvalue weighted by atomic mass is 19.4. The lowest BCUT2D eigenvalue weighted by Gasteiger charge is -2.33. The number of hydrogen-bond donors (Lipinski definition) is 2. The van der Waals surface area contributed by atoms with E-state index in [1.54, 1.807) is 4.90 Å². The van der Waals surface area contributed by atoms with Gasteiger partial charge in [0, 0.05) is 31.9 Å². The van der Waals surface area contributed by atoms with E-state index in [4.69, 9.17) is 0 Å². The Kier molecular flexibility index (Phi) is 7.20. The first-order valence-corrected chi connectivity index (χ1v) is 8.78. The number of anilines is 1. The molecule has 27 heavy (non-hydrogen) atoms. The number of halogens is 3. The van der Waals surface area contributed by atoms with Gasteiger partial charge in [-0.1, -0.05) is 12.1 Å². The van der Waals surface area contributed by atoms with Crippen LogP contribution in [0.5, 0.6) is 0 Å². The number of benzene rings is 1. The van der Waals surface area contributed by atoms with Crippen LogP contribution in [0.15, 0.2) is 18.2 Å². The summed E-state index contributed by atoms with van der Waals surface area (Å²) in [6.45, 7) is 4.99. The largest absolute Gasteiger partial charge is 0.405 e. The molecule has 0 radical (unpaired) electrons. The number of nitrogens with one attached hydrogen (secondary N) is 2. The molecule has 2 N–H and O–H groups in total. The minimum absolute atomic E-state index is 0.0708. The second-order valence-corrected chi connectivity index (χ2v) is 6.74. The second-order valence-electron chi connectivity index (χ2n) is 6.74. The molecule has 1 aromatic rings. The molecule has 0 spiro atoms. The first kappa shape index (κ1) is 21.2. The molecule has 1 heterocycles. The van der Waals surface area contributed by atoms with Crippen LogP contribution < -0.4 is 10.6 Å². The molecule has 2 amide bonds. The Morgan fingerprint density at radius 3 is 2.11 bits per heavy atom. The van der Waals surface area contributed by atoms with Gasteiger partial charge in [-0.25, -0.2) is 0 Å². The minimum atomic E-state index is -4.41. The van der Waals surface area contributed by atoms with Crippen molar-refractivity contribution in [1.82, 2.24) is 15.1 Å². The van der Waals surface area contributed by atoms with Crippen molar-refractivity contribution in [3.63, 3.8) is 0 Å². The fourth-order valence-corrected chi connectivity index (χ4v) is 2.84. The van der Waals surface area contributed by atoms with Crippen LogP contribution in [0.25, 0.3) is 0 Å². The number of carbonyl (C=O) groups excluding carboxylic acids is 2. The third-order valence-corrected chi connectivity index (χ3v) is 4.56. The maximum absolute atomic E-state index is 12.2. The van der Waals surface area contributed by atoms with Crippen LogP contribution in [0, 0.1) is 13.8 Å². The second kappa shape index (κ2) is 9.18. The highest BCUT2D eigenvalue weighted by Crippen LogP contribution is 2.18. The molecule has 0 aromatic heterocycles. The number of piperazine rings is 1. The Labute approximate surface area is 156 Å². The normalized spacial score (nSPS) is 16.2. The zero-order valence-electron chi connectivity index (χ0n) is 15.5. The maximum Gasteiger partial charge on any atom is 0.405 e. The first-order valence-electron chi connectivity index (χ1n) is 8.78. The topological polar surface area (TPSA) is 64.7 Å². The molecule has 1 saturated heterocycles. The Morgan fingerprint density at radius 1 is 1.00 bits per heavy atom. The highest BCUT2D eigenvalue weighted by molar-refractivity contribution is 5.93. The monoisotopic (exact) mass is 386 g/mol. The molecule has 1 aliphatic rings. The number of nitrogens with zero attached hydrogens (tertiary/aromatic N) is 2. The van der Waals surface area contributed by atoms with Gasteiger partial charge in [0.1, 0.15) is 6.54 Å². The Morgan fingerprint density at radius 2 is 1.56 bits per heavy atom. The molecule has 1 fully saturated rings. The summed E-state index contributed by atoms with van der Waals surface area (Å²) < 4.78 is 36.3. The summed E-state index contributed by atoms with van der Waals surface area (Å²) in [5.74, 6) is -0.756. The van der Waals surface area contributed by atoms with Gasteiger partial charge < -0.3 is 10.6 Å². The Balaban J connectivity index is 1.72. The Bertz CT molecular complexity index is 671. The zero-order valence-corrected chi connectivity index (χ0v) is 15.5. The third kappa shape index (κ3) is 7.18. The maximum atomic E-state index is 12.2. The summed E-state index contributed by atoms with van der Waals surface area (Å²) in [5.41, 5.74) is 2.92. The van der Waals surface area contributed by atoms with Crippen LogP contribution in [0.2, 0.25) is 0 Å². The van der Waals surface area contributed by atoms with E-state index in [2.05, 4.69) is 5.32 Å². The van der Waals surface area contributed by atoms with Crippen molar-refractivity contribution in [3.05, 3.63) is 29.3 Å². The minimum Gasteiger partial charge on any atom is -0.346 e. The van der Waals surface area contributed by atoms with Crippen molar-refractivity contribution in [2.75, 3.05) is 51.1 Å². The van der Waals surface area contributed by atoms with E-state index in [9.17, 15) is 22.8 Å². The van der Waals surface area contributed by atoms with Crippen LogP contribution in [0.1, 0.15) is 11.1 Å². The highest BCUT2D eigenvalue weighted by Gasteiger charge is 2.28. The first-order chi connectivity index (χ1) is 12.6. The van der Waals surface area contributed by atoms with Gasteiger partial charge in [0.15, 0.2) is 0 Å². The average molecular weight is 386 g/mol. The van der Waals surface area contributed by atoms with Gasteiger partial charge in [-0.05, 0) is 31.0 Å². The molecule has 0 atom stereocenters. The quantitative estimate of drug-likeness (QED) is 0.779. The van der Waals surface area contributed by atoms with Gasteiger partial charge in [0.25, 0.3) is 0 Å². The summed E-state index contributed by atoms with van der Waals surface area (Å²) in [7, 11) is 0. The molecule has 2 rings (SSSR count). The predicted molar refractivity (Wildman–Crippen MR) is 96.5 cm³/mol. The number of carbonyl (C=O) groups is 2. The molecule has 150 valence electrons. The molecule has 6 nitrogen and oxygen atoms in total. The van der Waals surface area contributed by atoms with Crippen LogP contribution in [-0.4, -0.2) is 73.6 Å². The van der Waals surface area contributed by atoms with Crippen LogP contribution in [0.4, 0.5) is 18.9 Å². The molecule has 0 saturated carbocycles. The van der Waals surface area contributed by atoms with Gasteiger partial charge in [0.2, 0.25) is 11.8 Å². The number of amides is 2. The van der Waals surface area contributed by atoms with Crippen LogP contribution in [0.3, 0.4) is 0 Å².